The van der Waals surface area contributed by atoms with E-state index in [2.05, 4.69) is 11.1 Å². The zero-order valence-electron chi connectivity index (χ0n) is 18.7. The van der Waals surface area contributed by atoms with Gasteiger partial charge in [-0.05, 0) is 36.4 Å². The molecular formula is C26H21ClN4O4. The van der Waals surface area contributed by atoms with Crippen LogP contribution in [0.5, 0.6) is 5.75 Å². The van der Waals surface area contributed by atoms with Crippen molar-refractivity contribution in [2.45, 2.75) is 6.61 Å². The lowest BCUT2D eigenvalue weighted by molar-refractivity contribution is 0.0745. The topological polar surface area (TPSA) is 95.7 Å². The Labute approximate surface area is 206 Å². The maximum Gasteiger partial charge on any atom is 0.266 e. The van der Waals surface area contributed by atoms with Crippen LogP contribution < -0.4 is 9.64 Å². The predicted octanol–water partition coefficient (Wildman–Crippen LogP) is 5.00. The van der Waals surface area contributed by atoms with Crippen molar-refractivity contribution < 1.29 is 18.4 Å². The molecule has 4 aromatic rings. The van der Waals surface area contributed by atoms with Gasteiger partial charge in [-0.3, -0.25) is 4.79 Å². The highest BCUT2D eigenvalue weighted by Gasteiger charge is 2.28. The van der Waals surface area contributed by atoms with Gasteiger partial charge >= 0.3 is 0 Å². The van der Waals surface area contributed by atoms with Crippen LogP contribution in [0.4, 0.5) is 5.88 Å². The molecular weight excluding hydrogens is 468 g/mol. The third-order valence-corrected chi connectivity index (χ3v) is 6.00. The van der Waals surface area contributed by atoms with Crippen molar-refractivity contribution in [1.29, 1.82) is 5.26 Å². The number of hydrogen-bond donors (Lipinski definition) is 0. The summed E-state index contributed by atoms with van der Waals surface area (Å²) in [5.74, 6) is 2.22. The SMILES string of the molecule is N#Cc1nc(-c2ccc(COc3ccccc3)o2)oc1N1CCN(C(=O)c2ccccc2Cl)CC1. The number of amides is 1. The molecule has 1 aliphatic heterocycles. The van der Waals surface area contributed by atoms with Gasteiger partial charge in [0.2, 0.25) is 11.6 Å². The molecule has 2 aromatic carbocycles. The summed E-state index contributed by atoms with van der Waals surface area (Å²) in [6.07, 6.45) is 0. The molecule has 1 amide bonds. The fraction of sp³-hybridized carbons (Fsp3) is 0.192. The fourth-order valence-electron chi connectivity index (χ4n) is 3.86. The lowest BCUT2D eigenvalue weighted by Crippen LogP contribution is -2.49. The van der Waals surface area contributed by atoms with E-state index in [1.54, 1.807) is 41.3 Å². The standard InChI is InChI=1S/C26H21ClN4O4/c27-21-9-5-4-8-20(21)25(32)30-12-14-31(15-13-30)26-22(16-28)29-24(35-26)23-11-10-19(34-23)17-33-18-6-2-1-3-7-18/h1-11H,12-15,17H2. The number of rotatable bonds is 6. The molecule has 176 valence electrons. The molecule has 0 aliphatic carbocycles. The Morgan fingerprint density at radius 1 is 1.00 bits per heavy atom. The van der Waals surface area contributed by atoms with Crippen molar-refractivity contribution in [3.8, 4) is 23.5 Å². The molecule has 5 rings (SSSR count). The van der Waals surface area contributed by atoms with Gasteiger partial charge in [0.15, 0.2) is 5.76 Å². The van der Waals surface area contributed by atoms with Crippen LogP contribution in [0.1, 0.15) is 21.8 Å². The van der Waals surface area contributed by atoms with E-state index in [4.69, 9.17) is 25.2 Å². The van der Waals surface area contributed by atoms with Gasteiger partial charge in [0, 0.05) is 26.2 Å². The zero-order valence-corrected chi connectivity index (χ0v) is 19.4. The Morgan fingerprint density at radius 3 is 2.49 bits per heavy atom. The van der Waals surface area contributed by atoms with E-state index in [-0.39, 0.29) is 24.1 Å². The number of piperazine rings is 1. The number of ether oxygens (including phenoxy) is 1. The summed E-state index contributed by atoms with van der Waals surface area (Å²) in [5, 5.41) is 10.0. The van der Waals surface area contributed by atoms with Gasteiger partial charge in [-0.2, -0.15) is 10.2 Å². The highest BCUT2D eigenvalue weighted by molar-refractivity contribution is 6.33. The second-order valence-corrected chi connectivity index (χ2v) is 8.32. The van der Waals surface area contributed by atoms with Gasteiger partial charge in [0.1, 0.15) is 24.2 Å². The number of nitriles is 1. The molecule has 0 unspecified atom stereocenters. The quantitative estimate of drug-likeness (QED) is 0.376. The zero-order chi connectivity index (χ0) is 24.2. The number of oxazole rings is 1. The summed E-state index contributed by atoms with van der Waals surface area (Å²) in [6.45, 7) is 2.17. The largest absolute Gasteiger partial charge is 0.486 e. The van der Waals surface area contributed by atoms with Crippen LogP contribution in [0.3, 0.4) is 0 Å². The first-order valence-electron chi connectivity index (χ1n) is 11.1. The Morgan fingerprint density at radius 2 is 1.74 bits per heavy atom. The minimum Gasteiger partial charge on any atom is -0.486 e. The van der Waals surface area contributed by atoms with Crippen molar-refractivity contribution in [3.05, 3.63) is 88.8 Å². The van der Waals surface area contributed by atoms with Crippen molar-refractivity contribution in [2.24, 2.45) is 0 Å². The molecule has 0 spiro atoms. The van der Waals surface area contributed by atoms with E-state index in [1.165, 1.54) is 0 Å². The predicted molar refractivity (Wildman–Crippen MR) is 129 cm³/mol. The second kappa shape index (κ2) is 9.95. The first kappa shape index (κ1) is 22.6. The van der Waals surface area contributed by atoms with Crippen LogP contribution in [0, 0.1) is 11.3 Å². The van der Waals surface area contributed by atoms with Crippen LogP contribution >= 0.6 is 11.6 Å². The Hall–Kier alpha value is -4.22. The van der Waals surface area contributed by atoms with E-state index in [9.17, 15) is 10.1 Å². The normalized spacial score (nSPS) is 13.5. The first-order chi connectivity index (χ1) is 17.1. The Kier molecular flexibility index (Phi) is 6.42. The number of aromatic nitrogens is 1. The smallest absolute Gasteiger partial charge is 0.266 e. The summed E-state index contributed by atoms with van der Waals surface area (Å²) >= 11 is 6.18. The lowest BCUT2D eigenvalue weighted by Gasteiger charge is -2.34. The number of benzene rings is 2. The van der Waals surface area contributed by atoms with Crippen molar-refractivity contribution in [1.82, 2.24) is 9.88 Å². The molecule has 0 bridgehead atoms. The summed E-state index contributed by atoms with van der Waals surface area (Å²) < 4.78 is 17.5. The number of carbonyl (C=O) groups is 1. The van der Waals surface area contributed by atoms with Crippen molar-refractivity contribution in [3.63, 3.8) is 0 Å². The third-order valence-electron chi connectivity index (χ3n) is 5.67. The minimum absolute atomic E-state index is 0.116. The number of para-hydroxylation sites is 1. The van der Waals surface area contributed by atoms with Gasteiger partial charge in [-0.25, -0.2) is 0 Å². The molecule has 35 heavy (non-hydrogen) atoms. The molecule has 1 aliphatic rings. The molecule has 3 heterocycles. The van der Waals surface area contributed by atoms with Crippen LogP contribution in [-0.2, 0) is 6.61 Å². The molecule has 0 radical (unpaired) electrons. The van der Waals surface area contributed by atoms with E-state index in [1.807, 2.05) is 35.2 Å². The molecule has 2 aromatic heterocycles. The Balaban J connectivity index is 1.25. The molecule has 0 N–H and O–H groups in total. The van der Waals surface area contributed by atoms with Gasteiger partial charge in [-0.15, -0.1) is 0 Å². The van der Waals surface area contributed by atoms with Crippen molar-refractivity contribution in [2.75, 3.05) is 31.1 Å². The fourth-order valence-corrected chi connectivity index (χ4v) is 4.08. The Bertz CT molecular complexity index is 1370. The van der Waals surface area contributed by atoms with Crippen LogP contribution in [0.25, 0.3) is 11.7 Å². The third kappa shape index (κ3) is 4.86. The van der Waals surface area contributed by atoms with Gasteiger partial charge in [0.25, 0.3) is 11.8 Å². The van der Waals surface area contributed by atoms with Crippen LogP contribution in [0.2, 0.25) is 5.02 Å². The molecule has 8 nitrogen and oxygen atoms in total. The summed E-state index contributed by atoms with van der Waals surface area (Å²) in [4.78, 5) is 20.8. The van der Waals surface area contributed by atoms with E-state index >= 15 is 0 Å². The van der Waals surface area contributed by atoms with Crippen LogP contribution in [0.15, 0.2) is 75.6 Å². The van der Waals surface area contributed by atoms with E-state index in [0.717, 1.165) is 5.75 Å². The number of halogens is 1. The average Bonchev–Trinajstić information content (AvgIpc) is 3.55. The molecule has 9 heteroatoms. The lowest BCUT2D eigenvalue weighted by atomic mass is 10.2. The second-order valence-electron chi connectivity index (χ2n) is 7.91. The number of carbonyl (C=O) groups excluding carboxylic acids is 1. The minimum atomic E-state index is -0.116. The van der Waals surface area contributed by atoms with Gasteiger partial charge in [0.05, 0.1) is 10.6 Å². The maximum atomic E-state index is 12.8. The first-order valence-corrected chi connectivity index (χ1v) is 11.5. The average molecular weight is 489 g/mol. The van der Waals surface area contributed by atoms with E-state index < -0.39 is 0 Å². The maximum absolute atomic E-state index is 12.8. The molecule has 1 fully saturated rings. The molecule has 1 saturated heterocycles. The van der Waals surface area contributed by atoms with Crippen LogP contribution in [-0.4, -0.2) is 42.0 Å². The van der Waals surface area contributed by atoms with Gasteiger partial charge < -0.3 is 23.4 Å². The number of furan rings is 1. The molecule has 0 atom stereocenters. The van der Waals surface area contributed by atoms with Crippen molar-refractivity contribution >= 4 is 23.4 Å². The summed E-state index contributed by atoms with van der Waals surface area (Å²) in [7, 11) is 0. The molecule has 0 saturated carbocycles. The number of nitrogens with zero attached hydrogens (tertiary/aromatic N) is 4. The van der Waals surface area contributed by atoms with E-state index in [0.29, 0.717) is 54.2 Å². The highest BCUT2D eigenvalue weighted by Crippen LogP contribution is 2.30. The van der Waals surface area contributed by atoms with Gasteiger partial charge in [-0.1, -0.05) is 41.9 Å². The number of anilines is 1. The highest BCUT2D eigenvalue weighted by atomic mass is 35.5. The summed E-state index contributed by atoms with van der Waals surface area (Å²) in [5.41, 5.74) is 0.650. The summed E-state index contributed by atoms with van der Waals surface area (Å²) in [6, 6.07) is 22.1. The number of hydrogen-bond acceptors (Lipinski definition) is 7. The monoisotopic (exact) mass is 488 g/mol.